The molecule has 0 unspecified atom stereocenters. The molecule has 6 heteroatoms. The van der Waals surface area contributed by atoms with Gasteiger partial charge in [-0.15, -0.1) is 0 Å². The van der Waals surface area contributed by atoms with Crippen molar-refractivity contribution in [1.82, 2.24) is 0 Å². The van der Waals surface area contributed by atoms with Gasteiger partial charge < -0.3 is 10.5 Å². The van der Waals surface area contributed by atoms with Crippen molar-refractivity contribution in [3.05, 3.63) is 58.6 Å². The van der Waals surface area contributed by atoms with Gasteiger partial charge in [0.05, 0.1) is 16.3 Å². The van der Waals surface area contributed by atoms with E-state index in [0.717, 1.165) is 6.07 Å². The van der Waals surface area contributed by atoms with Crippen LogP contribution in [-0.2, 0) is 12.8 Å². The van der Waals surface area contributed by atoms with Crippen molar-refractivity contribution in [2.75, 3.05) is 5.73 Å². The molecule has 20 heavy (non-hydrogen) atoms. The van der Waals surface area contributed by atoms with Crippen LogP contribution < -0.4 is 10.5 Å². The van der Waals surface area contributed by atoms with E-state index < -0.39 is 11.7 Å². The normalized spacial score (nSPS) is 11.4. The van der Waals surface area contributed by atoms with Gasteiger partial charge in [0.2, 0.25) is 0 Å². The Morgan fingerprint density at radius 1 is 1.10 bits per heavy atom. The van der Waals surface area contributed by atoms with Gasteiger partial charge in [-0.05, 0) is 29.8 Å². The summed E-state index contributed by atoms with van der Waals surface area (Å²) >= 11 is 5.84. The van der Waals surface area contributed by atoms with E-state index in [0.29, 0.717) is 16.3 Å². The van der Waals surface area contributed by atoms with Crippen molar-refractivity contribution in [3.63, 3.8) is 0 Å². The number of alkyl halides is 3. The molecule has 0 heterocycles. The molecular formula is C14H11ClF3NO. The number of benzene rings is 2. The van der Waals surface area contributed by atoms with Crippen LogP contribution in [0.4, 0.5) is 18.9 Å². The number of para-hydroxylation sites is 1. The second kappa shape index (κ2) is 5.63. The van der Waals surface area contributed by atoms with E-state index in [1.165, 1.54) is 18.2 Å². The van der Waals surface area contributed by atoms with Gasteiger partial charge in [0, 0.05) is 0 Å². The fourth-order valence-corrected chi connectivity index (χ4v) is 1.85. The van der Waals surface area contributed by atoms with E-state index >= 15 is 0 Å². The minimum absolute atomic E-state index is 0.0207. The third-order valence-electron chi connectivity index (χ3n) is 2.65. The van der Waals surface area contributed by atoms with Gasteiger partial charge in [0.15, 0.2) is 0 Å². The molecule has 0 radical (unpaired) electrons. The summed E-state index contributed by atoms with van der Waals surface area (Å²) in [5, 5.41) is 0.343. The number of anilines is 1. The Kier molecular flexibility index (Phi) is 4.09. The van der Waals surface area contributed by atoms with E-state index in [1.807, 2.05) is 0 Å². The Hall–Kier alpha value is -1.88. The van der Waals surface area contributed by atoms with Crippen LogP contribution in [0.1, 0.15) is 11.1 Å². The molecule has 0 fully saturated rings. The van der Waals surface area contributed by atoms with E-state index in [9.17, 15) is 13.2 Å². The number of halogens is 4. The summed E-state index contributed by atoms with van der Waals surface area (Å²) in [7, 11) is 0. The van der Waals surface area contributed by atoms with Crippen molar-refractivity contribution in [2.45, 2.75) is 12.8 Å². The van der Waals surface area contributed by atoms with Gasteiger partial charge in [-0.1, -0.05) is 29.8 Å². The van der Waals surface area contributed by atoms with Crippen LogP contribution in [0, 0.1) is 0 Å². The summed E-state index contributed by atoms with van der Waals surface area (Å²) in [6, 6.07) is 9.85. The summed E-state index contributed by atoms with van der Waals surface area (Å²) in [5.74, 6) is -0.215. The molecule has 0 aliphatic heterocycles. The molecule has 106 valence electrons. The van der Waals surface area contributed by atoms with Crippen molar-refractivity contribution >= 4 is 17.3 Å². The maximum atomic E-state index is 12.8. The second-order valence-electron chi connectivity index (χ2n) is 4.14. The highest BCUT2D eigenvalue weighted by molar-refractivity contribution is 6.33. The molecule has 2 N–H and O–H groups in total. The van der Waals surface area contributed by atoms with Crippen molar-refractivity contribution < 1.29 is 17.9 Å². The van der Waals surface area contributed by atoms with E-state index in [-0.39, 0.29) is 12.4 Å². The molecule has 0 aliphatic carbocycles. The summed E-state index contributed by atoms with van der Waals surface area (Å²) in [4.78, 5) is 0. The van der Waals surface area contributed by atoms with Crippen LogP contribution in [0.15, 0.2) is 42.5 Å². The number of hydrogen-bond acceptors (Lipinski definition) is 2. The van der Waals surface area contributed by atoms with E-state index in [1.54, 1.807) is 18.2 Å². The lowest BCUT2D eigenvalue weighted by molar-refractivity contribution is -0.139. The molecule has 2 aromatic carbocycles. The number of ether oxygens (including phenoxy) is 1. The van der Waals surface area contributed by atoms with Crippen LogP contribution in [0.2, 0.25) is 5.02 Å². The standard InChI is InChI=1S/C14H11ClF3NO/c15-11-7-9(5-6-12(11)19)8-20-13-4-2-1-3-10(13)14(16,17)18/h1-7H,8,19H2. The molecule has 0 atom stereocenters. The number of nitrogen functional groups attached to an aromatic ring is 1. The van der Waals surface area contributed by atoms with Crippen molar-refractivity contribution in [1.29, 1.82) is 0 Å². The van der Waals surface area contributed by atoms with Gasteiger partial charge in [0.25, 0.3) is 0 Å². The molecule has 2 nitrogen and oxygen atoms in total. The Balaban J connectivity index is 2.17. The van der Waals surface area contributed by atoms with Crippen molar-refractivity contribution in [2.24, 2.45) is 0 Å². The largest absolute Gasteiger partial charge is 0.488 e. The topological polar surface area (TPSA) is 35.2 Å². The summed E-state index contributed by atoms with van der Waals surface area (Å²) in [5.41, 5.74) is 5.80. The summed E-state index contributed by atoms with van der Waals surface area (Å²) in [6.07, 6.45) is -4.45. The highest BCUT2D eigenvalue weighted by Crippen LogP contribution is 2.36. The fourth-order valence-electron chi connectivity index (χ4n) is 1.65. The Bertz CT molecular complexity index is 614. The first-order valence-corrected chi connectivity index (χ1v) is 6.08. The van der Waals surface area contributed by atoms with Gasteiger partial charge >= 0.3 is 6.18 Å². The fraction of sp³-hybridized carbons (Fsp3) is 0.143. The zero-order valence-electron chi connectivity index (χ0n) is 10.2. The second-order valence-corrected chi connectivity index (χ2v) is 4.55. The van der Waals surface area contributed by atoms with Crippen molar-refractivity contribution in [3.8, 4) is 5.75 Å². The zero-order valence-corrected chi connectivity index (χ0v) is 11.0. The zero-order chi connectivity index (χ0) is 14.8. The average molecular weight is 302 g/mol. The molecule has 0 aromatic heterocycles. The molecule has 0 aliphatic rings. The first-order chi connectivity index (χ1) is 9.38. The van der Waals surface area contributed by atoms with Gasteiger partial charge in [-0.3, -0.25) is 0 Å². The molecule has 0 saturated heterocycles. The van der Waals surface area contributed by atoms with Gasteiger partial charge in [0.1, 0.15) is 12.4 Å². The number of rotatable bonds is 3. The maximum absolute atomic E-state index is 12.8. The van der Waals surface area contributed by atoms with Crippen LogP contribution in [0.5, 0.6) is 5.75 Å². The summed E-state index contributed by atoms with van der Waals surface area (Å²) in [6.45, 7) is -0.0207. The van der Waals surface area contributed by atoms with Crippen LogP contribution >= 0.6 is 11.6 Å². The van der Waals surface area contributed by atoms with Crippen LogP contribution in [-0.4, -0.2) is 0 Å². The molecule has 0 saturated carbocycles. The maximum Gasteiger partial charge on any atom is 0.419 e. The molecular weight excluding hydrogens is 291 g/mol. The molecule has 0 spiro atoms. The predicted molar refractivity (Wildman–Crippen MR) is 71.6 cm³/mol. The predicted octanol–water partition coefficient (Wildman–Crippen LogP) is 4.52. The molecule has 2 rings (SSSR count). The van der Waals surface area contributed by atoms with Gasteiger partial charge in [-0.2, -0.15) is 13.2 Å². The number of nitrogens with two attached hydrogens (primary N) is 1. The average Bonchev–Trinajstić information content (AvgIpc) is 2.39. The molecule has 0 bridgehead atoms. The SMILES string of the molecule is Nc1ccc(COc2ccccc2C(F)(F)F)cc1Cl. The Morgan fingerprint density at radius 2 is 1.80 bits per heavy atom. The Labute approximate surface area is 118 Å². The monoisotopic (exact) mass is 301 g/mol. The lowest BCUT2D eigenvalue weighted by Gasteiger charge is -2.14. The highest BCUT2D eigenvalue weighted by Gasteiger charge is 2.33. The first kappa shape index (κ1) is 14.5. The lowest BCUT2D eigenvalue weighted by Crippen LogP contribution is -2.08. The smallest absolute Gasteiger partial charge is 0.419 e. The van der Waals surface area contributed by atoms with E-state index in [2.05, 4.69) is 0 Å². The van der Waals surface area contributed by atoms with Gasteiger partial charge in [-0.25, -0.2) is 0 Å². The van der Waals surface area contributed by atoms with E-state index in [4.69, 9.17) is 22.1 Å². The molecule has 0 amide bonds. The Morgan fingerprint density at radius 3 is 2.45 bits per heavy atom. The minimum Gasteiger partial charge on any atom is -0.488 e. The van der Waals surface area contributed by atoms with Crippen LogP contribution in [0.3, 0.4) is 0 Å². The quantitative estimate of drug-likeness (QED) is 0.846. The third kappa shape index (κ3) is 3.36. The first-order valence-electron chi connectivity index (χ1n) is 5.71. The minimum atomic E-state index is -4.45. The number of hydrogen-bond donors (Lipinski definition) is 1. The summed E-state index contributed by atoms with van der Waals surface area (Å²) < 4.78 is 43.5. The molecule has 2 aromatic rings. The third-order valence-corrected chi connectivity index (χ3v) is 2.98. The lowest BCUT2D eigenvalue weighted by atomic mass is 10.2. The van der Waals surface area contributed by atoms with Crippen LogP contribution in [0.25, 0.3) is 0 Å². The highest BCUT2D eigenvalue weighted by atomic mass is 35.5.